The van der Waals surface area contributed by atoms with Crippen LogP contribution in [0.5, 0.6) is 0 Å². The molecule has 0 spiro atoms. The lowest BCUT2D eigenvalue weighted by Crippen LogP contribution is -2.18. The van der Waals surface area contributed by atoms with Gasteiger partial charge in [0.15, 0.2) is 5.82 Å². The molecule has 1 aromatic rings. The van der Waals surface area contributed by atoms with Crippen molar-refractivity contribution in [2.24, 2.45) is 23.8 Å². The van der Waals surface area contributed by atoms with Crippen LogP contribution in [0.25, 0.3) is 0 Å². The molecule has 0 saturated heterocycles. The third-order valence-electron chi connectivity index (χ3n) is 4.47. The Hall–Kier alpha value is -1.83. The van der Waals surface area contributed by atoms with Crippen LogP contribution in [-0.2, 0) is 11.8 Å². The van der Waals surface area contributed by atoms with Crippen molar-refractivity contribution in [2.45, 2.75) is 27.7 Å². The Balaban J connectivity index is 2.17. The van der Waals surface area contributed by atoms with E-state index in [-0.39, 0.29) is 22.7 Å². The zero-order chi connectivity index (χ0) is 13.7. The summed E-state index contributed by atoms with van der Waals surface area (Å²) in [5.74, 6) is 0.252. The van der Waals surface area contributed by atoms with E-state index in [2.05, 4.69) is 38.1 Å². The number of nitrogens with zero attached hydrogens (tertiary/aromatic N) is 3. The number of aromatic nitrogens is 2. The van der Waals surface area contributed by atoms with Gasteiger partial charge < -0.3 is 5.32 Å². The van der Waals surface area contributed by atoms with Gasteiger partial charge in [-0.3, -0.25) is 9.48 Å². The number of aryl methyl sites for hydroxylation is 1. The number of amides is 1. The van der Waals surface area contributed by atoms with Crippen molar-refractivity contribution in [2.75, 3.05) is 5.32 Å². The van der Waals surface area contributed by atoms with Gasteiger partial charge in [0.25, 0.3) is 0 Å². The number of hydrogen-bond donors (Lipinski definition) is 1. The molecule has 1 heterocycles. The summed E-state index contributed by atoms with van der Waals surface area (Å²) in [7, 11) is 1.72. The summed E-state index contributed by atoms with van der Waals surface area (Å²) in [5.41, 5.74) is 0.360. The maximum atomic E-state index is 12.2. The Morgan fingerprint density at radius 1 is 1.44 bits per heavy atom. The maximum absolute atomic E-state index is 12.2. The van der Waals surface area contributed by atoms with Gasteiger partial charge in [0.2, 0.25) is 5.91 Å². The number of rotatable bonds is 2. The second-order valence-electron chi connectivity index (χ2n) is 6.04. The lowest BCUT2D eigenvalue weighted by Gasteiger charge is -2.03. The van der Waals surface area contributed by atoms with Crippen LogP contribution >= 0.6 is 0 Å². The highest BCUT2D eigenvalue weighted by Crippen LogP contribution is 2.68. The standard InChI is InChI=1S/C13H18N4O/c1-12(2)9(13(12,3)4)11(18)15-10-8(6-14)7-17(5)16-10/h7,9H,1-5H3,(H,15,16,18). The van der Waals surface area contributed by atoms with Gasteiger partial charge in [-0.15, -0.1) is 0 Å². The van der Waals surface area contributed by atoms with Crippen LogP contribution in [-0.4, -0.2) is 15.7 Å². The summed E-state index contributed by atoms with van der Waals surface area (Å²) in [6.07, 6.45) is 1.60. The number of hydrogen-bond acceptors (Lipinski definition) is 3. The largest absolute Gasteiger partial charge is 0.308 e. The minimum Gasteiger partial charge on any atom is -0.308 e. The van der Waals surface area contributed by atoms with E-state index in [4.69, 9.17) is 5.26 Å². The Morgan fingerprint density at radius 3 is 2.44 bits per heavy atom. The van der Waals surface area contributed by atoms with Crippen LogP contribution in [0.3, 0.4) is 0 Å². The first-order chi connectivity index (χ1) is 8.21. The third kappa shape index (κ3) is 1.60. The number of carbonyl (C=O) groups is 1. The molecule has 96 valence electrons. The van der Waals surface area contributed by atoms with Gasteiger partial charge in [0.05, 0.1) is 0 Å². The first-order valence-electron chi connectivity index (χ1n) is 5.96. The maximum Gasteiger partial charge on any atom is 0.229 e. The van der Waals surface area contributed by atoms with Crippen molar-refractivity contribution in [3.63, 3.8) is 0 Å². The fraction of sp³-hybridized carbons (Fsp3) is 0.615. The molecule has 1 fully saturated rings. The van der Waals surface area contributed by atoms with E-state index in [0.717, 1.165) is 0 Å². The summed E-state index contributed by atoms with van der Waals surface area (Å²) >= 11 is 0. The van der Waals surface area contributed by atoms with Gasteiger partial charge in [-0.2, -0.15) is 10.4 Å². The topological polar surface area (TPSA) is 70.7 Å². The van der Waals surface area contributed by atoms with Gasteiger partial charge in [0.1, 0.15) is 11.6 Å². The molecule has 1 aromatic heterocycles. The predicted octanol–water partition coefficient (Wildman–Crippen LogP) is 1.91. The van der Waals surface area contributed by atoms with Crippen molar-refractivity contribution in [3.8, 4) is 6.07 Å². The summed E-state index contributed by atoms with van der Waals surface area (Å²) in [6.45, 7) is 8.34. The van der Waals surface area contributed by atoms with E-state index in [9.17, 15) is 4.79 Å². The van der Waals surface area contributed by atoms with E-state index >= 15 is 0 Å². The van der Waals surface area contributed by atoms with E-state index in [0.29, 0.717) is 11.4 Å². The summed E-state index contributed by atoms with van der Waals surface area (Å²) < 4.78 is 1.53. The zero-order valence-corrected chi connectivity index (χ0v) is 11.4. The normalized spacial score (nSPS) is 20.2. The zero-order valence-electron chi connectivity index (χ0n) is 11.4. The van der Waals surface area contributed by atoms with Crippen LogP contribution in [0.4, 0.5) is 5.82 Å². The van der Waals surface area contributed by atoms with E-state index in [1.165, 1.54) is 4.68 Å². The molecular formula is C13H18N4O. The van der Waals surface area contributed by atoms with Crippen LogP contribution in [0.15, 0.2) is 6.20 Å². The molecule has 5 nitrogen and oxygen atoms in total. The van der Waals surface area contributed by atoms with Crippen LogP contribution in [0, 0.1) is 28.1 Å². The van der Waals surface area contributed by atoms with Crippen molar-refractivity contribution in [1.82, 2.24) is 9.78 Å². The van der Waals surface area contributed by atoms with E-state index < -0.39 is 0 Å². The molecule has 5 heteroatoms. The molecule has 0 bridgehead atoms. The summed E-state index contributed by atoms with van der Waals surface area (Å²) in [5, 5.41) is 15.8. The molecule has 2 rings (SSSR count). The third-order valence-corrected chi connectivity index (χ3v) is 4.47. The van der Waals surface area contributed by atoms with Crippen LogP contribution in [0.1, 0.15) is 33.3 Å². The van der Waals surface area contributed by atoms with E-state index in [1.807, 2.05) is 6.07 Å². The lowest BCUT2D eigenvalue weighted by atomic mass is 10.0. The summed E-state index contributed by atoms with van der Waals surface area (Å²) in [6, 6.07) is 2.02. The molecule has 1 N–H and O–H groups in total. The number of nitriles is 1. The van der Waals surface area contributed by atoms with Crippen molar-refractivity contribution < 1.29 is 4.79 Å². The monoisotopic (exact) mass is 246 g/mol. The molecule has 1 amide bonds. The van der Waals surface area contributed by atoms with Gasteiger partial charge in [-0.05, 0) is 10.8 Å². The fourth-order valence-electron chi connectivity index (χ4n) is 2.70. The lowest BCUT2D eigenvalue weighted by molar-refractivity contribution is -0.118. The quantitative estimate of drug-likeness (QED) is 0.866. The molecule has 1 aliphatic rings. The number of nitrogens with one attached hydrogen (secondary N) is 1. The smallest absolute Gasteiger partial charge is 0.229 e. The predicted molar refractivity (Wildman–Crippen MR) is 67.6 cm³/mol. The molecule has 0 aliphatic heterocycles. The van der Waals surface area contributed by atoms with Crippen molar-refractivity contribution in [3.05, 3.63) is 11.8 Å². The molecule has 0 unspecified atom stereocenters. The highest BCUT2D eigenvalue weighted by molar-refractivity contribution is 5.96. The Morgan fingerprint density at radius 2 is 2.00 bits per heavy atom. The highest BCUT2D eigenvalue weighted by atomic mass is 16.2. The SMILES string of the molecule is Cn1cc(C#N)c(NC(=O)C2C(C)(C)C2(C)C)n1. The van der Waals surface area contributed by atoms with Gasteiger partial charge in [-0.1, -0.05) is 27.7 Å². The second kappa shape index (κ2) is 3.58. The van der Waals surface area contributed by atoms with E-state index in [1.54, 1.807) is 13.2 Å². The Bertz CT molecular complexity index is 534. The molecular weight excluding hydrogens is 228 g/mol. The molecule has 18 heavy (non-hydrogen) atoms. The molecule has 0 aromatic carbocycles. The number of anilines is 1. The number of carbonyl (C=O) groups excluding carboxylic acids is 1. The fourth-order valence-corrected chi connectivity index (χ4v) is 2.70. The highest BCUT2D eigenvalue weighted by Gasteiger charge is 2.68. The van der Waals surface area contributed by atoms with Gasteiger partial charge in [0, 0.05) is 19.2 Å². The molecule has 1 saturated carbocycles. The second-order valence-corrected chi connectivity index (χ2v) is 6.04. The first kappa shape index (κ1) is 12.6. The van der Waals surface area contributed by atoms with Crippen LogP contribution in [0.2, 0.25) is 0 Å². The average molecular weight is 246 g/mol. The minimum absolute atomic E-state index is 0.0152. The van der Waals surface area contributed by atoms with Crippen molar-refractivity contribution in [1.29, 1.82) is 5.26 Å². The summed E-state index contributed by atoms with van der Waals surface area (Å²) in [4.78, 5) is 12.2. The molecule has 0 radical (unpaired) electrons. The van der Waals surface area contributed by atoms with Crippen molar-refractivity contribution >= 4 is 11.7 Å². The first-order valence-corrected chi connectivity index (χ1v) is 5.96. The molecule has 0 atom stereocenters. The van der Waals surface area contributed by atoms with Gasteiger partial charge >= 0.3 is 0 Å². The average Bonchev–Trinajstić information content (AvgIpc) is 2.54. The molecule has 1 aliphatic carbocycles. The van der Waals surface area contributed by atoms with Crippen LogP contribution < -0.4 is 5.32 Å². The Labute approximate surface area is 107 Å². The Kier molecular flexibility index (Phi) is 2.51. The van der Waals surface area contributed by atoms with Gasteiger partial charge in [-0.25, -0.2) is 0 Å². The minimum atomic E-state index is -0.0554.